The van der Waals surface area contributed by atoms with Gasteiger partial charge in [0.25, 0.3) is 0 Å². The number of hydrogen-bond donors (Lipinski definition) is 1. The van der Waals surface area contributed by atoms with Crippen molar-refractivity contribution in [2.75, 3.05) is 26.2 Å². The SMILES string of the molecule is CCc1ccc(C(C)C(=O)N2CC[C@@H]3CNC[C@@H]3CC2)cc1.Cl. The molecule has 0 aliphatic carbocycles. The molecule has 0 saturated carbocycles. The maximum Gasteiger partial charge on any atom is 0.229 e. The number of amides is 1. The van der Waals surface area contributed by atoms with E-state index in [1.165, 1.54) is 5.56 Å². The molecule has 2 fully saturated rings. The van der Waals surface area contributed by atoms with Crippen LogP contribution in [0.15, 0.2) is 24.3 Å². The third-order valence-corrected chi connectivity index (χ3v) is 5.59. The Hall–Kier alpha value is -1.06. The van der Waals surface area contributed by atoms with E-state index in [0.717, 1.165) is 62.8 Å². The Bertz CT molecular complexity index is 503. The van der Waals surface area contributed by atoms with Gasteiger partial charge in [0.05, 0.1) is 5.92 Å². The van der Waals surface area contributed by atoms with Gasteiger partial charge in [-0.1, -0.05) is 31.2 Å². The van der Waals surface area contributed by atoms with Crippen LogP contribution in [0.2, 0.25) is 0 Å². The summed E-state index contributed by atoms with van der Waals surface area (Å²) in [4.78, 5) is 14.9. The fraction of sp³-hybridized carbons (Fsp3) is 0.632. The molecule has 1 amide bonds. The fourth-order valence-corrected chi connectivity index (χ4v) is 3.90. The first kappa shape index (κ1) is 18.3. The topological polar surface area (TPSA) is 32.3 Å². The normalized spacial score (nSPS) is 25.2. The summed E-state index contributed by atoms with van der Waals surface area (Å²) in [6.07, 6.45) is 3.36. The van der Waals surface area contributed by atoms with E-state index in [9.17, 15) is 4.79 Å². The number of carbonyl (C=O) groups is 1. The third kappa shape index (κ3) is 4.07. The number of carbonyl (C=O) groups excluding carboxylic acids is 1. The molecular formula is C19H29ClN2O. The Kier molecular flexibility index (Phi) is 6.49. The second-order valence-corrected chi connectivity index (χ2v) is 6.90. The molecule has 4 heteroatoms. The minimum absolute atomic E-state index is 0. The van der Waals surface area contributed by atoms with Crippen LogP contribution in [0.4, 0.5) is 0 Å². The molecule has 2 aliphatic heterocycles. The predicted molar refractivity (Wildman–Crippen MR) is 97.1 cm³/mol. The van der Waals surface area contributed by atoms with Crippen LogP contribution in [0.1, 0.15) is 43.7 Å². The van der Waals surface area contributed by atoms with Crippen LogP contribution < -0.4 is 5.32 Å². The number of aryl methyl sites for hydroxylation is 1. The maximum atomic E-state index is 12.8. The molecule has 3 nitrogen and oxygen atoms in total. The molecule has 1 N–H and O–H groups in total. The van der Waals surface area contributed by atoms with E-state index in [-0.39, 0.29) is 18.3 Å². The van der Waals surface area contributed by atoms with Crippen LogP contribution >= 0.6 is 12.4 Å². The van der Waals surface area contributed by atoms with Crippen LogP contribution in [0.25, 0.3) is 0 Å². The molecule has 3 atom stereocenters. The Morgan fingerprint density at radius 2 is 1.74 bits per heavy atom. The van der Waals surface area contributed by atoms with E-state index >= 15 is 0 Å². The molecule has 2 saturated heterocycles. The Balaban J connectivity index is 0.00000192. The molecule has 0 aromatic heterocycles. The molecular weight excluding hydrogens is 308 g/mol. The van der Waals surface area contributed by atoms with Gasteiger partial charge in [-0.3, -0.25) is 4.79 Å². The van der Waals surface area contributed by atoms with Gasteiger partial charge in [-0.15, -0.1) is 12.4 Å². The smallest absolute Gasteiger partial charge is 0.229 e. The molecule has 1 unspecified atom stereocenters. The highest BCUT2D eigenvalue weighted by Gasteiger charge is 2.32. The number of nitrogens with one attached hydrogen (secondary N) is 1. The zero-order valence-electron chi connectivity index (χ0n) is 14.3. The summed E-state index contributed by atoms with van der Waals surface area (Å²) in [5.74, 6) is 1.83. The molecule has 1 aromatic rings. The van der Waals surface area contributed by atoms with Gasteiger partial charge < -0.3 is 10.2 Å². The van der Waals surface area contributed by atoms with Crippen molar-refractivity contribution in [2.45, 2.75) is 39.0 Å². The first-order valence-corrected chi connectivity index (χ1v) is 8.77. The lowest BCUT2D eigenvalue weighted by molar-refractivity contribution is -0.132. The van der Waals surface area contributed by atoms with Crippen molar-refractivity contribution in [3.05, 3.63) is 35.4 Å². The molecule has 128 valence electrons. The molecule has 3 rings (SSSR count). The number of hydrogen-bond acceptors (Lipinski definition) is 2. The van der Waals surface area contributed by atoms with Crippen molar-refractivity contribution in [1.29, 1.82) is 0 Å². The van der Waals surface area contributed by atoms with Crippen molar-refractivity contribution in [3.63, 3.8) is 0 Å². The number of benzene rings is 1. The van der Waals surface area contributed by atoms with Crippen LogP contribution in [-0.2, 0) is 11.2 Å². The monoisotopic (exact) mass is 336 g/mol. The average Bonchev–Trinajstić information content (AvgIpc) is 2.92. The molecule has 0 radical (unpaired) electrons. The molecule has 0 bridgehead atoms. The summed E-state index contributed by atoms with van der Waals surface area (Å²) in [5, 5.41) is 3.49. The summed E-state index contributed by atoms with van der Waals surface area (Å²) in [6.45, 7) is 8.35. The molecule has 23 heavy (non-hydrogen) atoms. The van der Waals surface area contributed by atoms with Gasteiger partial charge in [0, 0.05) is 13.1 Å². The van der Waals surface area contributed by atoms with Crippen molar-refractivity contribution < 1.29 is 4.79 Å². The first-order chi connectivity index (χ1) is 10.7. The quantitative estimate of drug-likeness (QED) is 0.919. The number of nitrogens with zero attached hydrogens (tertiary/aromatic N) is 1. The lowest BCUT2D eigenvalue weighted by atomic mass is 9.92. The number of fused-ring (bicyclic) bond motifs is 1. The highest BCUT2D eigenvalue weighted by molar-refractivity contribution is 5.85. The lowest BCUT2D eigenvalue weighted by Gasteiger charge is -2.25. The maximum absolute atomic E-state index is 12.8. The van der Waals surface area contributed by atoms with Crippen molar-refractivity contribution in [3.8, 4) is 0 Å². The van der Waals surface area contributed by atoms with E-state index in [2.05, 4.69) is 48.3 Å². The van der Waals surface area contributed by atoms with E-state index in [0.29, 0.717) is 5.91 Å². The number of likely N-dealkylation sites (tertiary alicyclic amines) is 1. The summed E-state index contributed by atoms with van der Waals surface area (Å²) >= 11 is 0. The molecule has 2 heterocycles. The lowest BCUT2D eigenvalue weighted by Crippen LogP contribution is -2.35. The summed E-state index contributed by atoms with van der Waals surface area (Å²) in [7, 11) is 0. The fourth-order valence-electron chi connectivity index (χ4n) is 3.90. The van der Waals surface area contributed by atoms with Crippen LogP contribution in [0.5, 0.6) is 0 Å². The van der Waals surface area contributed by atoms with Gasteiger partial charge in [-0.2, -0.15) is 0 Å². The highest BCUT2D eigenvalue weighted by atomic mass is 35.5. The number of halogens is 1. The molecule has 2 aliphatic rings. The highest BCUT2D eigenvalue weighted by Crippen LogP contribution is 2.28. The van der Waals surface area contributed by atoms with Crippen LogP contribution in [-0.4, -0.2) is 37.0 Å². The van der Waals surface area contributed by atoms with Gasteiger partial charge >= 0.3 is 0 Å². The first-order valence-electron chi connectivity index (χ1n) is 8.77. The van der Waals surface area contributed by atoms with Crippen LogP contribution in [0.3, 0.4) is 0 Å². The zero-order chi connectivity index (χ0) is 15.5. The zero-order valence-corrected chi connectivity index (χ0v) is 15.1. The second kappa shape index (κ2) is 8.16. The van der Waals surface area contributed by atoms with Crippen LogP contribution in [0, 0.1) is 11.8 Å². The van der Waals surface area contributed by atoms with Crippen molar-refractivity contribution in [2.24, 2.45) is 11.8 Å². The van der Waals surface area contributed by atoms with Gasteiger partial charge in [-0.05, 0) is 62.2 Å². The van der Waals surface area contributed by atoms with E-state index in [1.807, 2.05) is 0 Å². The standard InChI is InChI=1S/C19H28N2O.ClH/c1-3-15-4-6-16(7-5-15)14(2)19(22)21-10-8-17-12-20-13-18(17)9-11-21;/h4-7,14,17-18,20H,3,8-13H2,1-2H3;1H/t14?,17-,18+;. The van der Waals surface area contributed by atoms with Gasteiger partial charge in [0.15, 0.2) is 0 Å². The summed E-state index contributed by atoms with van der Waals surface area (Å²) in [5.41, 5.74) is 2.48. The predicted octanol–water partition coefficient (Wildman–Crippen LogP) is 3.23. The van der Waals surface area contributed by atoms with E-state index in [4.69, 9.17) is 0 Å². The minimum Gasteiger partial charge on any atom is -0.342 e. The summed E-state index contributed by atoms with van der Waals surface area (Å²) < 4.78 is 0. The molecule has 0 spiro atoms. The molecule has 1 aromatic carbocycles. The van der Waals surface area contributed by atoms with Gasteiger partial charge in [-0.25, -0.2) is 0 Å². The second-order valence-electron chi connectivity index (χ2n) is 6.90. The Morgan fingerprint density at radius 3 is 2.26 bits per heavy atom. The van der Waals surface area contributed by atoms with Gasteiger partial charge in [0.1, 0.15) is 0 Å². The minimum atomic E-state index is -0.0260. The van der Waals surface area contributed by atoms with E-state index < -0.39 is 0 Å². The average molecular weight is 337 g/mol. The summed E-state index contributed by atoms with van der Waals surface area (Å²) in [6, 6.07) is 8.55. The van der Waals surface area contributed by atoms with Crippen molar-refractivity contribution >= 4 is 18.3 Å². The number of rotatable bonds is 3. The van der Waals surface area contributed by atoms with E-state index in [1.54, 1.807) is 0 Å². The van der Waals surface area contributed by atoms with Crippen molar-refractivity contribution in [1.82, 2.24) is 10.2 Å². The van der Waals surface area contributed by atoms with Gasteiger partial charge in [0.2, 0.25) is 5.91 Å². The Morgan fingerprint density at radius 1 is 1.17 bits per heavy atom. The Labute approximate surface area is 146 Å². The third-order valence-electron chi connectivity index (χ3n) is 5.59. The largest absolute Gasteiger partial charge is 0.342 e.